The molecule has 446 valence electrons. The fourth-order valence-electron chi connectivity index (χ4n) is 10.9. The molecule has 3 fully saturated rings. The molecule has 0 saturated carbocycles. The Morgan fingerprint density at radius 3 is 2.30 bits per heavy atom. The zero-order valence-electron chi connectivity index (χ0n) is 45.4. The average molecular weight is 1160 g/mol. The topological polar surface area (TPSA) is 306 Å². The summed E-state index contributed by atoms with van der Waals surface area (Å²) in [6.45, 7) is 1.17. The smallest absolute Gasteiger partial charge is 0.410 e. The van der Waals surface area contributed by atoms with Gasteiger partial charge in [0.05, 0.1) is 17.9 Å². The second-order valence-corrected chi connectivity index (χ2v) is 21.2. The maximum absolute atomic E-state index is 16.5. The third-order valence-corrected chi connectivity index (χ3v) is 15.3. The Labute approximate surface area is 475 Å². The standard InChI is InChI=1S/C58H67F3N6O16/c1-32(68)50(73)39(49(35-18-22-80-23-19-35)55-64-43(38-26-37(59)12-13-40(38)60)30-65(55)27-33-8-4-2-5-9-33)25-36-28-66(29-41(36)61)58(79)81-31-34-11-14-44(82-57-53(76)51(74)52(75)54(83-57)56(77)78)42(24-34)63-46(70)17-20-62-45(69)10-6-3-7-21-67-47(71)15-16-48(67)72/h2,4-5,8-9,11-16,24,26,30,32,35-36,39,41,49,51-54,57,68,74-76H,3,6-7,10,17-23,25,27-29,31H2,1H3,(H,62,69)(H,63,70)(H,77,78)/t32-,36+,39?,41-,49?,51-,52-,53+,54-,57+/m0/s1. The normalized spacial score (nSPS) is 23.0. The van der Waals surface area contributed by atoms with Gasteiger partial charge in [0.2, 0.25) is 18.1 Å². The van der Waals surface area contributed by atoms with E-state index in [4.69, 9.17) is 23.9 Å². The van der Waals surface area contributed by atoms with Crippen molar-refractivity contribution in [3.8, 4) is 17.0 Å². The lowest BCUT2D eigenvalue weighted by Gasteiger charge is -2.38. The SMILES string of the molecule is C[C@H](O)C(=O)C(C[C@@H]1CN(C(=O)OCc2ccc(O[C@@H]3O[C@H](C(=O)O)[C@@H](O)[C@H](O)[C@H]3O)c(NC(=O)CCNC(=O)CCCCCN3C(=O)C=CC3=O)c2)C[C@@H]1F)C(c1nc(-c2cc(F)ccc2F)cn1Cc1ccccc1)C1CCOCC1. The van der Waals surface area contributed by atoms with Crippen molar-refractivity contribution in [2.24, 2.45) is 17.8 Å². The molecule has 25 heteroatoms. The molecule has 0 bridgehead atoms. The molecule has 83 heavy (non-hydrogen) atoms. The Hall–Kier alpha value is -7.55. The predicted molar refractivity (Wildman–Crippen MR) is 286 cm³/mol. The van der Waals surface area contributed by atoms with Gasteiger partial charge in [0.1, 0.15) is 60.4 Å². The first-order chi connectivity index (χ1) is 39.8. The van der Waals surface area contributed by atoms with Crippen LogP contribution in [0.3, 0.4) is 0 Å². The van der Waals surface area contributed by atoms with Gasteiger partial charge in [-0.25, -0.2) is 27.7 Å². The second-order valence-electron chi connectivity index (χ2n) is 21.2. The number of Topliss-reactive ketones (excluding diaryl/α,β-unsaturated/α-hetero) is 1. The summed E-state index contributed by atoms with van der Waals surface area (Å²) < 4.78 is 70.7. The molecule has 0 spiro atoms. The molecule has 5 amide bonds. The number of aromatic nitrogens is 2. The highest BCUT2D eigenvalue weighted by Crippen LogP contribution is 2.44. The number of imide groups is 1. The van der Waals surface area contributed by atoms with Crippen LogP contribution in [0.5, 0.6) is 5.75 Å². The highest BCUT2D eigenvalue weighted by molar-refractivity contribution is 6.12. The Balaban J connectivity index is 0.957. The highest BCUT2D eigenvalue weighted by atomic mass is 19.1. The van der Waals surface area contributed by atoms with Crippen molar-refractivity contribution in [3.63, 3.8) is 0 Å². The number of alkyl halides is 1. The second kappa shape index (κ2) is 28.1. The summed E-state index contributed by atoms with van der Waals surface area (Å²) in [4.78, 5) is 96.7. The molecular weight excluding hydrogens is 1090 g/mol. The molecule has 4 aliphatic rings. The van der Waals surface area contributed by atoms with E-state index in [9.17, 15) is 63.5 Å². The van der Waals surface area contributed by atoms with Gasteiger partial charge in [-0.2, -0.15) is 0 Å². The van der Waals surface area contributed by atoms with E-state index >= 15 is 8.78 Å². The van der Waals surface area contributed by atoms with Gasteiger partial charge >= 0.3 is 12.1 Å². The summed E-state index contributed by atoms with van der Waals surface area (Å²) in [5.41, 5.74) is 0.924. The van der Waals surface area contributed by atoms with Gasteiger partial charge < -0.3 is 64.6 Å². The van der Waals surface area contributed by atoms with Crippen LogP contribution in [0, 0.1) is 29.4 Å². The van der Waals surface area contributed by atoms with Crippen molar-refractivity contribution in [3.05, 3.63) is 114 Å². The van der Waals surface area contributed by atoms with E-state index in [1.54, 1.807) is 10.8 Å². The van der Waals surface area contributed by atoms with E-state index in [-0.39, 0.29) is 85.5 Å². The van der Waals surface area contributed by atoms with E-state index in [2.05, 4.69) is 10.6 Å². The van der Waals surface area contributed by atoms with Crippen molar-refractivity contribution in [1.29, 1.82) is 0 Å². The highest BCUT2D eigenvalue weighted by Gasteiger charge is 2.49. The number of aliphatic hydroxyl groups excluding tert-OH is 4. The van der Waals surface area contributed by atoms with E-state index < -0.39 is 121 Å². The molecule has 1 aromatic heterocycles. The van der Waals surface area contributed by atoms with Crippen LogP contribution in [0.15, 0.2) is 85.1 Å². The molecule has 4 aliphatic heterocycles. The van der Waals surface area contributed by atoms with Crippen molar-refractivity contribution in [2.45, 2.75) is 120 Å². The molecule has 10 atom stereocenters. The first kappa shape index (κ1) is 61.5. The van der Waals surface area contributed by atoms with Gasteiger partial charge in [0, 0.05) is 93.9 Å². The number of amides is 5. The third kappa shape index (κ3) is 15.6. The summed E-state index contributed by atoms with van der Waals surface area (Å²) in [5.74, 6) is -8.56. The summed E-state index contributed by atoms with van der Waals surface area (Å²) in [6.07, 6.45) is -8.06. The van der Waals surface area contributed by atoms with E-state index in [1.165, 1.54) is 37.3 Å². The summed E-state index contributed by atoms with van der Waals surface area (Å²) in [7, 11) is 0. The number of aliphatic carboxylic acids is 1. The van der Waals surface area contributed by atoms with Crippen LogP contribution in [0.2, 0.25) is 0 Å². The summed E-state index contributed by atoms with van der Waals surface area (Å²) in [6, 6.07) is 16.2. The minimum atomic E-state index is -2.03. The third-order valence-electron chi connectivity index (χ3n) is 15.3. The zero-order chi connectivity index (χ0) is 59.5. The number of anilines is 1. The number of nitrogens with zero attached hydrogens (tertiary/aromatic N) is 4. The Morgan fingerprint density at radius 1 is 0.855 bits per heavy atom. The number of carboxylic acids is 1. The lowest BCUT2D eigenvalue weighted by Crippen LogP contribution is -2.61. The number of carboxylic acid groups (broad SMARTS) is 1. The van der Waals surface area contributed by atoms with Crippen molar-refractivity contribution in [2.75, 3.05) is 44.7 Å². The van der Waals surface area contributed by atoms with Crippen LogP contribution in [-0.4, -0.2) is 169 Å². The molecule has 22 nitrogen and oxygen atoms in total. The number of imidazole rings is 1. The Bertz CT molecular complexity index is 2990. The lowest BCUT2D eigenvalue weighted by atomic mass is 9.71. The van der Waals surface area contributed by atoms with Crippen molar-refractivity contribution >= 4 is 47.2 Å². The molecule has 3 aromatic carbocycles. The number of hydrogen-bond acceptors (Lipinski definition) is 16. The minimum absolute atomic E-state index is 0.0974. The zero-order valence-corrected chi connectivity index (χ0v) is 45.4. The molecule has 3 saturated heterocycles. The fourth-order valence-corrected chi connectivity index (χ4v) is 10.9. The number of hydrogen-bond donors (Lipinski definition) is 7. The molecule has 7 N–H and O–H groups in total. The summed E-state index contributed by atoms with van der Waals surface area (Å²) in [5, 5.41) is 57.2. The molecule has 0 radical (unpaired) electrons. The van der Waals surface area contributed by atoms with Gasteiger partial charge in [-0.05, 0) is 86.4 Å². The largest absolute Gasteiger partial charge is 0.479 e. The van der Waals surface area contributed by atoms with E-state index in [1.807, 2.05) is 30.3 Å². The van der Waals surface area contributed by atoms with Crippen LogP contribution >= 0.6 is 0 Å². The molecular formula is C58H67F3N6O16. The number of halogens is 3. The monoisotopic (exact) mass is 1160 g/mol. The minimum Gasteiger partial charge on any atom is -0.479 e. The van der Waals surface area contributed by atoms with E-state index in [0.29, 0.717) is 51.1 Å². The molecule has 0 aliphatic carbocycles. The van der Waals surface area contributed by atoms with E-state index in [0.717, 1.165) is 33.6 Å². The van der Waals surface area contributed by atoms with Gasteiger partial charge in [-0.1, -0.05) is 42.8 Å². The van der Waals surface area contributed by atoms with Crippen LogP contribution in [0.4, 0.5) is 23.7 Å². The van der Waals surface area contributed by atoms with Gasteiger partial charge in [0.25, 0.3) is 11.8 Å². The maximum Gasteiger partial charge on any atom is 0.410 e. The number of nitrogens with one attached hydrogen (secondary N) is 2. The molecule has 8 rings (SSSR count). The summed E-state index contributed by atoms with van der Waals surface area (Å²) >= 11 is 0. The van der Waals surface area contributed by atoms with Crippen molar-refractivity contribution < 1.29 is 91.2 Å². The lowest BCUT2D eigenvalue weighted by molar-refractivity contribution is -0.271. The fraction of sp³-hybridized carbons (Fsp3) is 0.483. The number of unbranched alkanes of at least 4 members (excludes halogenated alkanes) is 2. The molecule has 5 heterocycles. The van der Waals surface area contributed by atoms with Gasteiger partial charge in [0.15, 0.2) is 11.9 Å². The molecule has 4 aromatic rings. The van der Waals surface area contributed by atoms with Crippen LogP contribution in [-0.2, 0) is 56.1 Å². The number of ketones is 1. The predicted octanol–water partition coefficient (Wildman–Crippen LogP) is 4.15. The first-order valence-corrected chi connectivity index (χ1v) is 27.5. The first-order valence-electron chi connectivity index (χ1n) is 27.5. The van der Waals surface area contributed by atoms with Crippen LogP contribution in [0.25, 0.3) is 11.3 Å². The number of likely N-dealkylation sites (tertiary alicyclic amines) is 1. The quantitative estimate of drug-likeness (QED) is 0.0362. The molecule has 2 unspecified atom stereocenters. The van der Waals surface area contributed by atoms with Crippen LogP contribution in [0.1, 0.15) is 81.2 Å². The van der Waals surface area contributed by atoms with Crippen LogP contribution < -0.4 is 15.4 Å². The Kier molecular flexibility index (Phi) is 20.9. The number of ether oxygens (including phenoxy) is 4. The average Bonchev–Trinajstić information content (AvgIpc) is 4.30. The number of aliphatic hydroxyl groups is 4. The van der Waals surface area contributed by atoms with Crippen molar-refractivity contribution in [1.82, 2.24) is 24.7 Å². The van der Waals surface area contributed by atoms with Gasteiger partial charge in [-0.15, -0.1) is 0 Å². The number of benzene rings is 3. The number of rotatable bonds is 25. The maximum atomic E-state index is 16.5. The number of carbonyl (C=O) groups excluding carboxylic acids is 6. The Morgan fingerprint density at radius 2 is 1.59 bits per heavy atom. The van der Waals surface area contributed by atoms with Gasteiger partial charge in [-0.3, -0.25) is 28.9 Å². The number of carbonyl (C=O) groups is 7.